The number of ether oxygens (including phenoxy) is 1. The first-order valence-electron chi connectivity index (χ1n) is 36.7. The minimum Gasteiger partial charge on any atom is -0.456 e. The van der Waals surface area contributed by atoms with Crippen LogP contribution in [0.4, 0.5) is 0 Å². The summed E-state index contributed by atoms with van der Waals surface area (Å²) in [6.45, 7) is 7.07. The van der Waals surface area contributed by atoms with Gasteiger partial charge in [-0.05, 0) is 57.4 Å². The van der Waals surface area contributed by atoms with E-state index in [1.54, 1.807) is 0 Å². The Labute approximate surface area is 517 Å². The molecular formula is C73H144N2O7P+. The van der Waals surface area contributed by atoms with Crippen molar-refractivity contribution in [2.45, 2.75) is 392 Å². The molecule has 0 aromatic carbocycles. The number of quaternary nitrogens is 1. The van der Waals surface area contributed by atoms with Crippen LogP contribution in [-0.4, -0.2) is 74.3 Å². The second kappa shape index (κ2) is 63.5. The van der Waals surface area contributed by atoms with E-state index in [2.05, 4.69) is 38.2 Å². The Morgan fingerprint density at radius 3 is 1.02 bits per heavy atom. The molecule has 0 bridgehead atoms. The zero-order chi connectivity index (χ0) is 60.7. The molecule has 0 fully saturated rings. The van der Waals surface area contributed by atoms with Gasteiger partial charge in [-0.25, -0.2) is 4.57 Å². The molecule has 0 aromatic heterocycles. The number of amides is 1. The highest BCUT2D eigenvalue weighted by atomic mass is 31.2. The van der Waals surface area contributed by atoms with Gasteiger partial charge in [-0.1, -0.05) is 334 Å². The fraction of sp³-hybridized carbons (Fsp3) is 0.918. The van der Waals surface area contributed by atoms with Crippen LogP contribution in [0.15, 0.2) is 24.3 Å². The predicted molar refractivity (Wildman–Crippen MR) is 360 cm³/mol. The number of likely N-dealkylation sites (N-methyl/N-ethyl adjacent to an activating group) is 1. The number of carbonyl (C=O) groups is 2. The minimum atomic E-state index is -4.45. The molecule has 0 spiro atoms. The van der Waals surface area contributed by atoms with E-state index in [-0.39, 0.29) is 25.1 Å². The van der Waals surface area contributed by atoms with E-state index in [1.807, 2.05) is 33.3 Å². The van der Waals surface area contributed by atoms with E-state index in [0.29, 0.717) is 23.9 Å². The van der Waals surface area contributed by atoms with Crippen LogP contribution in [0, 0.1) is 0 Å². The number of nitrogens with one attached hydrogen (secondary N) is 1. The number of esters is 1. The van der Waals surface area contributed by atoms with E-state index < -0.39 is 20.0 Å². The quantitative estimate of drug-likeness (QED) is 0.0205. The van der Waals surface area contributed by atoms with Crippen molar-refractivity contribution in [1.29, 1.82) is 0 Å². The van der Waals surface area contributed by atoms with E-state index in [4.69, 9.17) is 13.8 Å². The lowest BCUT2D eigenvalue weighted by Crippen LogP contribution is -2.47. The molecule has 492 valence electrons. The summed E-state index contributed by atoms with van der Waals surface area (Å²) < 4.78 is 30.8. The Morgan fingerprint density at radius 1 is 0.410 bits per heavy atom. The van der Waals surface area contributed by atoms with Gasteiger partial charge >= 0.3 is 13.8 Å². The molecule has 3 unspecified atom stereocenters. The Morgan fingerprint density at radius 2 is 0.699 bits per heavy atom. The van der Waals surface area contributed by atoms with Gasteiger partial charge in [0, 0.05) is 12.8 Å². The molecule has 0 heterocycles. The van der Waals surface area contributed by atoms with Crippen molar-refractivity contribution in [3.63, 3.8) is 0 Å². The molecule has 2 N–H and O–H groups in total. The van der Waals surface area contributed by atoms with Crippen LogP contribution in [0.2, 0.25) is 0 Å². The lowest BCUT2D eigenvalue weighted by atomic mass is 10.0. The first kappa shape index (κ1) is 81.5. The summed E-state index contributed by atoms with van der Waals surface area (Å²) >= 11 is 0. The van der Waals surface area contributed by atoms with Crippen molar-refractivity contribution in [1.82, 2.24) is 5.32 Å². The molecule has 0 aliphatic rings. The second-order valence-electron chi connectivity index (χ2n) is 26.5. The van der Waals surface area contributed by atoms with Crippen molar-refractivity contribution in [3.8, 4) is 0 Å². The van der Waals surface area contributed by atoms with Crippen molar-refractivity contribution in [2.24, 2.45) is 0 Å². The molecule has 0 radical (unpaired) electrons. The van der Waals surface area contributed by atoms with Crippen LogP contribution >= 0.6 is 7.82 Å². The Hall–Kier alpha value is -1.51. The standard InChI is InChI=1S/C73H143N2O7P/c1-7-10-13-16-19-22-25-27-29-31-33-35-36-37-38-40-42-44-46-48-51-54-57-60-63-66-73(77)82-71(64-61-58-55-52-49-24-21-18-15-12-9-3)70(69-81-83(78,79)80-68-67-75(4,5)6)74-72(76)65-62-59-56-53-50-47-45-43-41-39-34-32-30-28-26-23-20-17-14-11-8-2/h28,30,61,64,70-71H,7-27,29,31-60,62-63,65-69H2,1-6H3,(H-,74,76,78,79)/p+1/b30-28+,64-61+. The number of carbonyl (C=O) groups excluding carboxylic acids is 2. The number of unbranched alkanes of at least 4 members (excludes halogenated alkanes) is 50. The van der Waals surface area contributed by atoms with E-state index in [0.717, 1.165) is 57.8 Å². The number of nitrogens with zero attached hydrogens (tertiary/aromatic N) is 1. The lowest BCUT2D eigenvalue weighted by molar-refractivity contribution is -0.870. The Bertz CT molecular complexity index is 1470. The zero-order valence-corrected chi connectivity index (χ0v) is 57.4. The number of allylic oxidation sites excluding steroid dienone is 3. The maximum absolute atomic E-state index is 13.6. The van der Waals surface area contributed by atoms with Crippen LogP contribution in [0.5, 0.6) is 0 Å². The molecule has 0 rings (SSSR count). The third-order valence-corrected chi connectivity index (χ3v) is 17.9. The fourth-order valence-electron chi connectivity index (χ4n) is 11.2. The van der Waals surface area contributed by atoms with Crippen LogP contribution in [0.1, 0.15) is 380 Å². The smallest absolute Gasteiger partial charge is 0.456 e. The molecule has 1 amide bonds. The third kappa shape index (κ3) is 64.8. The predicted octanol–water partition coefficient (Wildman–Crippen LogP) is 23.2. The van der Waals surface area contributed by atoms with Gasteiger partial charge in [-0.3, -0.25) is 18.6 Å². The van der Waals surface area contributed by atoms with E-state index >= 15 is 0 Å². The maximum Gasteiger partial charge on any atom is 0.472 e. The lowest BCUT2D eigenvalue weighted by Gasteiger charge is -2.27. The number of hydrogen-bond acceptors (Lipinski definition) is 6. The average Bonchev–Trinajstić information content (AvgIpc) is 3.51. The number of hydrogen-bond donors (Lipinski definition) is 2. The zero-order valence-electron chi connectivity index (χ0n) is 56.5. The molecule has 0 aromatic rings. The van der Waals surface area contributed by atoms with Crippen LogP contribution in [0.3, 0.4) is 0 Å². The first-order valence-corrected chi connectivity index (χ1v) is 38.2. The van der Waals surface area contributed by atoms with Gasteiger partial charge in [0.15, 0.2) is 0 Å². The van der Waals surface area contributed by atoms with E-state index in [1.165, 1.54) is 289 Å². The molecule has 10 heteroatoms. The average molecular weight is 1190 g/mol. The first-order chi connectivity index (χ1) is 40.4. The summed E-state index contributed by atoms with van der Waals surface area (Å²) in [5, 5.41) is 3.08. The molecule has 0 aliphatic heterocycles. The van der Waals surface area contributed by atoms with Crippen LogP contribution in [0.25, 0.3) is 0 Å². The van der Waals surface area contributed by atoms with Crippen LogP contribution < -0.4 is 5.32 Å². The van der Waals surface area contributed by atoms with Gasteiger partial charge in [0.1, 0.15) is 19.3 Å². The molecule has 0 saturated carbocycles. The summed E-state index contributed by atoms with van der Waals surface area (Å²) in [6.07, 6.45) is 77.7. The van der Waals surface area contributed by atoms with Gasteiger partial charge in [-0.15, -0.1) is 0 Å². The molecule has 83 heavy (non-hydrogen) atoms. The van der Waals surface area contributed by atoms with Crippen molar-refractivity contribution >= 4 is 19.7 Å². The van der Waals surface area contributed by atoms with Crippen molar-refractivity contribution in [3.05, 3.63) is 24.3 Å². The normalized spacial score (nSPS) is 13.6. The van der Waals surface area contributed by atoms with Gasteiger partial charge in [-0.2, -0.15) is 0 Å². The number of phosphoric ester groups is 1. The molecule has 9 nitrogen and oxygen atoms in total. The molecular weight excluding hydrogens is 1050 g/mol. The molecule has 0 aliphatic carbocycles. The summed E-state index contributed by atoms with van der Waals surface area (Å²) in [5.41, 5.74) is 0. The number of phosphoric acid groups is 1. The second-order valence-corrected chi connectivity index (χ2v) is 27.9. The highest BCUT2D eigenvalue weighted by molar-refractivity contribution is 7.47. The van der Waals surface area contributed by atoms with Gasteiger partial charge < -0.3 is 19.4 Å². The third-order valence-electron chi connectivity index (χ3n) is 16.9. The summed E-state index contributed by atoms with van der Waals surface area (Å²) in [7, 11) is 1.52. The van der Waals surface area contributed by atoms with Crippen molar-refractivity contribution < 1.29 is 37.3 Å². The molecule has 3 atom stereocenters. The van der Waals surface area contributed by atoms with Crippen LogP contribution in [-0.2, 0) is 27.9 Å². The van der Waals surface area contributed by atoms with Crippen molar-refractivity contribution in [2.75, 3.05) is 40.9 Å². The monoisotopic (exact) mass is 1190 g/mol. The topological polar surface area (TPSA) is 111 Å². The van der Waals surface area contributed by atoms with Gasteiger partial charge in [0.05, 0.1) is 33.8 Å². The highest BCUT2D eigenvalue weighted by Crippen LogP contribution is 2.43. The van der Waals surface area contributed by atoms with Gasteiger partial charge in [0.2, 0.25) is 5.91 Å². The summed E-state index contributed by atoms with van der Waals surface area (Å²) in [5.74, 6) is -0.483. The fourth-order valence-corrected chi connectivity index (χ4v) is 12.0. The summed E-state index contributed by atoms with van der Waals surface area (Å²) in [4.78, 5) is 37.9. The Kier molecular flexibility index (Phi) is 62.4. The SMILES string of the molecule is CCCCCCCC/C=C/CCCCCCCCCCCCCC(=O)NC(COP(=O)(O)OCC[N+](C)(C)C)C(/C=C/CCCCCCCCCCC)OC(=O)CCCCCCCCCCCCCCCCCCCCCCCCCCC. The van der Waals surface area contributed by atoms with Gasteiger partial charge in [0.25, 0.3) is 0 Å². The van der Waals surface area contributed by atoms with E-state index in [9.17, 15) is 19.0 Å². The summed E-state index contributed by atoms with van der Waals surface area (Å²) in [6, 6.07) is -0.844. The molecule has 0 saturated heterocycles. The maximum atomic E-state index is 13.6. The number of rotatable bonds is 68. The minimum absolute atomic E-state index is 0.0441. The largest absolute Gasteiger partial charge is 0.472 e. The highest BCUT2D eigenvalue weighted by Gasteiger charge is 2.30. The Balaban J connectivity index is 4.95.